The minimum absolute atomic E-state index is 0.237. The molecular formula is C28H33N5O5S. The normalized spacial score (nSPS) is 17.8. The van der Waals surface area contributed by atoms with Gasteiger partial charge >= 0.3 is 6.09 Å². The molecule has 3 aromatic rings. The van der Waals surface area contributed by atoms with Crippen LogP contribution in [0.25, 0.3) is 10.2 Å². The Labute approximate surface area is 231 Å². The molecule has 10 nitrogen and oxygen atoms in total. The third kappa shape index (κ3) is 5.99. The first-order valence-electron chi connectivity index (χ1n) is 13.0. The van der Waals surface area contributed by atoms with Crippen LogP contribution in [0.3, 0.4) is 0 Å². The van der Waals surface area contributed by atoms with Gasteiger partial charge in [-0.25, -0.2) is 14.8 Å². The molecule has 11 heteroatoms. The first kappa shape index (κ1) is 26.9. The highest BCUT2D eigenvalue weighted by molar-refractivity contribution is 7.22. The van der Waals surface area contributed by atoms with Gasteiger partial charge in [-0.3, -0.25) is 15.0 Å². The number of ether oxygens (including phenoxy) is 3. The number of fused-ring (bicyclic) bond motifs is 1. The first-order valence-corrected chi connectivity index (χ1v) is 13.8. The molecule has 1 N–H and O–H groups in total. The molecule has 2 amide bonds. The van der Waals surface area contributed by atoms with Crippen molar-refractivity contribution in [3.63, 3.8) is 0 Å². The van der Waals surface area contributed by atoms with Gasteiger partial charge in [0.25, 0.3) is 5.91 Å². The topological polar surface area (TPSA) is 106 Å². The lowest BCUT2D eigenvalue weighted by molar-refractivity contribution is 0.0177. The lowest BCUT2D eigenvalue weighted by Gasteiger charge is -2.35. The molecule has 5 rings (SSSR count). The minimum Gasteiger partial charge on any atom is -0.494 e. The molecule has 0 aliphatic carbocycles. The summed E-state index contributed by atoms with van der Waals surface area (Å²) in [5, 5.41) is 3.39. The van der Waals surface area contributed by atoms with Gasteiger partial charge in [-0.15, -0.1) is 0 Å². The van der Waals surface area contributed by atoms with Crippen LogP contribution in [0.5, 0.6) is 5.75 Å². The average molecular weight is 552 g/mol. The summed E-state index contributed by atoms with van der Waals surface area (Å²) in [6.45, 7) is 8.75. The van der Waals surface area contributed by atoms with Crippen molar-refractivity contribution in [2.75, 3.05) is 50.2 Å². The van der Waals surface area contributed by atoms with E-state index in [1.807, 2.05) is 39.0 Å². The molecule has 0 spiro atoms. The van der Waals surface area contributed by atoms with Crippen LogP contribution in [0.15, 0.2) is 42.6 Å². The zero-order chi connectivity index (χ0) is 27.6. The van der Waals surface area contributed by atoms with Crippen LogP contribution in [-0.2, 0) is 9.47 Å². The largest absolute Gasteiger partial charge is 0.494 e. The molecule has 2 aliphatic heterocycles. The van der Waals surface area contributed by atoms with Crippen LogP contribution in [0.2, 0.25) is 0 Å². The number of nitrogens with zero attached hydrogens (tertiary/aromatic N) is 4. The van der Waals surface area contributed by atoms with Crippen LogP contribution < -0.4 is 15.0 Å². The van der Waals surface area contributed by atoms with Gasteiger partial charge in [-0.05, 0) is 51.0 Å². The maximum Gasteiger partial charge on any atom is 0.411 e. The van der Waals surface area contributed by atoms with E-state index in [2.05, 4.69) is 21.3 Å². The molecule has 2 aliphatic rings. The zero-order valence-corrected chi connectivity index (χ0v) is 23.4. The smallest absolute Gasteiger partial charge is 0.411 e. The van der Waals surface area contributed by atoms with Crippen LogP contribution in [0.4, 0.5) is 15.7 Å². The van der Waals surface area contributed by atoms with Crippen molar-refractivity contribution in [2.45, 2.75) is 38.8 Å². The highest BCUT2D eigenvalue weighted by Crippen LogP contribution is 2.41. The van der Waals surface area contributed by atoms with Gasteiger partial charge in [0.05, 0.1) is 31.1 Å². The molecule has 1 saturated heterocycles. The van der Waals surface area contributed by atoms with E-state index in [1.165, 1.54) is 11.3 Å². The second-order valence-corrected chi connectivity index (χ2v) is 11.4. The molecule has 1 atom stereocenters. The summed E-state index contributed by atoms with van der Waals surface area (Å²) < 4.78 is 17.5. The standard InChI is InChI=1S/C28H33N5O5S/c1-28(2,3)38-27(35)33-12-6-5-7-20(33)19-8-9-21(36-4)23-24(19)39-26(30-23)31-25(34)18-10-11-29-22(17-18)32-13-15-37-16-14-32/h5-6,8-11,17,20H,7,12-16H2,1-4H3,(H,30,31,34). The Balaban J connectivity index is 1.43. The average Bonchev–Trinajstić information content (AvgIpc) is 3.36. The van der Waals surface area contributed by atoms with Gasteiger partial charge < -0.3 is 19.1 Å². The lowest BCUT2D eigenvalue weighted by Crippen LogP contribution is -2.40. The van der Waals surface area contributed by atoms with Gasteiger partial charge in [0.1, 0.15) is 22.7 Å². The molecule has 206 valence electrons. The van der Waals surface area contributed by atoms with E-state index in [4.69, 9.17) is 19.2 Å². The monoisotopic (exact) mass is 551 g/mol. The maximum atomic E-state index is 13.2. The van der Waals surface area contributed by atoms with Crippen molar-refractivity contribution in [3.8, 4) is 5.75 Å². The number of nitrogens with one attached hydrogen (secondary N) is 1. The van der Waals surface area contributed by atoms with Crippen molar-refractivity contribution in [3.05, 3.63) is 53.7 Å². The molecule has 0 saturated carbocycles. The maximum absolute atomic E-state index is 13.2. The Morgan fingerprint density at radius 2 is 1.95 bits per heavy atom. The first-order chi connectivity index (χ1) is 18.7. The molecule has 2 aromatic heterocycles. The fourth-order valence-electron chi connectivity index (χ4n) is 4.66. The second kappa shape index (κ2) is 11.2. The van der Waals surface area contributed by atoms with Crippen LogP contribution in [-0.4, -0.2) is 72.4 Å². The number of methoxy groups -OCH3 is 1. The van der Waals surface area contributed by atoms with Gasteiger partial charge in [-0.2, -0.15) is 0 Å². The molecule has 39 heavy (non-hydrogen) atoms. The third-order valence-electron chi connectivity index (χ3n) is 6.51. The molecular weight excluding hydrogens is 518 g/mol. The number of aromatic nitrogens is 2. The summed E-state index contributed by atoms with van der Waals surface area (Å²) in [6.07, 6.45) is 5.95. The Hall–Kier alpha value is -3.70. The Morgan fingerprint density at radius 1 is 1.15 bits per heavy atom. The van der Waals surface area contributed by atoms with Crippen molar-refractivity contribution in [1.82, 2.24) is 14.9 Å². The number of amides is 2. The third-order valence-corrected chi connectivity index (χ3v) is 7.53. The number of morpholine rings is 1. The van der Waals surface area contributed by atoms with Gasteiger partial charge in [-0.1, -0.05) is 29.6 Å². The fourth-order valence-corrected chi connectivity index (χ4v) is 5.70. The predicted octanol–water partition coefficient (Wildman–Crippen LogP) is 5.03. The summed E-state index contributed by atoms with van der Waals surface area (Å²) in [5.41, 5.74) is 1.45. The number of pyridine rings is 1. The van der Waals surface area contributed by atoms with Crippen molar-refractivity contribution >= 4 is 44.5 Å². The number of carbonyl (C=O) groups excluding carboxylic acids is 2. The van der Waals surface area contributed by atoms with E-state index in [9.17, 15) is 9.59 Å². The molecule has 0 bridgehead atoms. The van der Waals surface area contributed by atoms with Gasteiger partial charge in [0, 0.05) is 31.4 Å². The van der Waals surface area contributed by atoms with Crippen molar-refractivity contribution in [1.29, 1.82) is 0 Å². The van der Waals surface area contributed by atoms with E-state index in [-0.39, 0.29) is 18.0 Å². The Kier molecular flexibility index (Phi) is 7.72. The molecule has 4 heterocycles. The highest BCUT2D eigenvalue weighted by atomic mass is 32.1. The second-order valence-electron chi connectivity index (χ2n) is 10.4. The van der Waals surface area contributed by atoms with E-state index < -0.39 is 5.60 Å². The Morgan fingerprint density at radius 3 is 2.69 bits per heavy atom. The number of hydrogen-bond acceptors (Lipinski definition) is 9. The summed E-state index contributed by atoms with van der Waals surface area (Å²) in [5.74, 6) is 1.06. The SMILES string of the molecule is COc1ccc(C2CC=CCN2C(=O)OC(C)(C)C)c2sc(NC(=O)c3ccnc(N4CCOCC4)c3)nc12. The summed E-state index contributed by atoms with van der Waals surface area (Å²) in [6, 6.07) is 7.05. The summed E-state index contributed by atoms with van der Waals surface area (Å²) in [4.78, 5) is 39.3. The quantitative estimate of drug-likeness (QED) is 0.441. The van der Waals surface area contributed by atoms with Gasteiger partial charge in [0.15, 0.2) is 5.13 Å². The number of carbonyl (C=O) groups is 2. The number of anilines is 2. The molecule has 0 radical (unpaired) electrons. The number of thiazole rings is 1. The van der Waals surface area contributed by atoms with Crippen LogP contribution in [0.1, 0.15) is 49.2 Å². The number of rotatable bonds is 5. The van der Waals surface area contributed by atoms with E-state index in [0.29, 0.717) is 48.1 Å². The van der Waals surface area contributed by atoms with Crippen molar-refractivity contribution in [2.24, 2.45) is 0 Å². The predicted molar refractivity (Wildman–Crippen MR) is 151 cm³/mol. The summed E-state index contributed by atoms with van der Waals surface area (Å²) >= 11 is 1.36. The Bertz CT molecular complexity index is 1390. The van der Waals surface area contributed by atoms with E-state index in [1.54, 1.807) is 30.3 Å². The number of benzene rings is 1. The van der Waals surface area contributed by atoms with Gasteiger partial charge in [0.2, 0.25) is 0 Å². The molecule has 1 fully saturated rings. The van der Waals surface area contributed by atoms with E-state index >= 15 is 0 Å². The lowest BCUT2D eigenvalue weighted by atomic mass is 9.99. The highest BCUT2D eigenvalue weighted by Gasteiger charge is 2.32. The molecule has 1 aromatic carbocycles. The summed E-state index contributed by atoms with van der Waals surface area (Å²) in [7, 11) is 1.59. The number of hydrogen-bond donors (Lipinski definition) is 1. The van der Waals surface area contributed by atoms with Crippen LogP contribution >= 0.6 is 11.3 Å². The molecule has 1 unspecified atom stereocenters. The van der Waals surface area contributed by atoms with E-state index in [0.717, 1.165) is 29.2 Å². The fraction of sp³-hybridized carbons (Fsp3) is 0.429. The van der Waals surface area contributed by atoms with Crippen LogP contribution in [0, 0.1) is 0 Å². The van der Waals surface area contributed by atoms with Crippen molar-refractivity contribution < 1.29 is 23.8 Å². The minimum atomic E-state index is -0.603. The zero-order valence-electron chi connectivity index (χ0n) is 22.6.